The van der Waals surface area contributed by atoms with Crippen molar-refractivity contribution in [2.24, 2.45) is 0 Å². The van der Waals surface area contributed by atoms with E-state index in [1.807, 2.05) is 60.5 Å². The summed E-state index contributed by atoms with van der Waals surface area (Å²) in [5.41, 5.74) is 4.39. The lowest BCUT2D eigenvalue weighted by molar-refractivity contribution is -0.0790. The smallest absolute Gasteiger partial charge is 0.253 e. The van der Waals surface area contributed by atoms with Gasteiger partial charge in [-0.3, -0.25) is 4.79 Å². The van der Waals surface area contributed by atoms with Crippen LogP contribution in [0.2, 0.25) is 10.0 Å². The minimum atomic E-state index is -0.126. The zero-order valence-corrected chi connectivity index (χ0v) is 22.1. The fourth-order valence-electron chi connectivity index (χ4n) is 5.62. The molecule has 2 aliphatic heterocycles. The monoisotopic (exact) mass is 522 g/mol. The molecule has 0 saturated carbocycles. The van der Waals surface area contributed by atoms with Crippen LogP contribution < -0.4 is 0 Å². The van der Waals surface area contributed by atoms with Crippen molar-refractivity contribution < 1.29 is 9.53 Å². The fraction of sp³-hybridized carbons (Fsp3) is 0.367. The first kappa shape index (κ1) is 25.3. The Morgan fingerprint density at radius 1 is 1.00 bits per heavy atom. The lowest BCUT2D eigenvalue weighted by Gasteiger charge is -2.40. The molecule has 4 nitrogen and oxygen atoms in total. The molecule has 6 heteroatoms. The Morgan fingerprint density at radius 2 is 1.72 bits per heavy atom. The SMILES string of the molecule is CN(C[C@@H](CCN1CCC2(CC1)OCc1ccccc12)c1ccc(Cl)c(Cl)c1)C(=O)c1ccccc1. The zero-order chi connectivity index (χ0) is 25.1. The summed E-state index contributed by atoms with van der Waals surface area (Å²) >= 11 is 12.6. The summed E-state index contributed by atoms with van der Waals surface area (Å²) in [6, 6.07) is 23.9. The van der Waals surface area contributed by atoms with Gasteiger partial charge in [0.05, 0.1) is 22.3 Å². The fourth-order valence-corrected chi connectivity index (χ4v) is 5.93. The Morgan fingerprint density at radius 3 is 2.47 bits per heavy atom. The van der Waals surface area contributed by atoms with E-state index in [2.05, 4.69) is 29.2 Å². The van der Waals surface area contributed by atoms with Crippen molar-refractivity contribution in [3.8, 4) is 0 Å². The zero-order valence-electron chi connectivity index (χ0n) is 20.6. The first-order valence-electron chi connectivity index (χ1n) is 12.7. The van der Waals surface area contributed by atoms with Crippen LogP contribution in [0.1, 0.15) is 52.2 Å². The highest BCUT2D eigenvalue weighted by Gasteiger charge is 2.42. The third-order valence-corrected chi connectivity index (χ3v) is 8.49. The summed E-state index contributed by atoms with van der Waals surface area (Å²) < 4.78 is 6.34. The first-order valence-corrected chi connectivity index (χ1v) is 13.4. The van der Waals surface area contributed by atoms with Gasteiger partial charge in [-0.05, 0) is 66.8 Å². The third kappa shape index (κ3) is 5.33. The number of halogens is 2. The lowest BCUT2D eigenvalue weighted by atomic mass is 9.83. The van der Waals surface area contributed by atoms with Gasteiger partial charge in [0, 0.05) is 38.2 Å². The number of carbonyl (C=O) groups is 1. The maximum atomic E-state index is 13.0. The highest BCUT2D eigenvalue weighted by atomic mass is 35.5. The van der Waals surface area contributed by atoms with E-state index in [1.54, 1.807) is 0 Å². The van der Waals surface area contributed by atoms with Gasteiger partial charge in [-0.25, -0.2) is 0 Å². The second-order valence-electron chi connectivity index (χ2n) is 9.99. The van der Waals surface area contributed by atoms with Gasteiger partial charge in [0.25, 0.3) is 5.91 Å². The summed E-state index contributed by atoms with van der Waals surface area (Å²) in [6.07, 6.45) is 2.94. The number of nitrogens with zero attached hydrogens (tertiary/aromatic N) is 2. The number of amides is 1. The number of fused-ring (bicyclic) bond motifs is 2. The number of benzene rings is 3. The molecule has 0 N–H and O–H groups in total. The number of carbonyl (C=O) groups excluding carboxylic acids is 1. The van der Waals surface area contributed by atoms with Gasteiger partial charge in [-0.15, -0.1) is 0 Å². The molecule has 0 radical (unpaired) electrons. The van der Waals surface area contributed by atoms with Gasteiger partial charge in [0.1, 0.15) is 0 Å². The number of likely N-dealkylation sites (N-methyl/N-ethyl adjacent to an activating group) is 1. The van der Waals surface area contributed by atoms with Crippen LogP contribution in [0.4, 0.5) is 0 Å². The van der Waals surface area contributed by atoms with Crippen molar-refractivity contribution >= 4 is 29.1 Å². The summed E-state index contributed by atoms with van der Waals surface area (Å²) in [5.74, 6) is 0.175. The quantitative estimate of drug-likeness (QED) is 0.343. The molecule has 36 heavy (non-hydrogen) atoms. The molecule has 2 heterocycles. The second kappa shape index (κ2) is 10.9. The lowest BCUT2D eigenvalue weighted by Crippen LogP contribution is -2.43. The number of hydrogen-bond acceptors (Lipinski definition) is 3. The molecule has 1 amide bonds. The van der Waals surface area contributed by atoms with Gasteiger partial charge in [-0.2, -0.15) is 0 Å². The summed E-state index contributed by atoms with van der Waals surface area (Å²) in [4.78, 5) is 17.4. The van der Waals surface area contributed by atoms with E-state index >= 15 is 0 Å². The Bertz CT molecular complexity index is 1210. The number of rotatable bonds is 7. The van der Waals surface area contributed by atoms with Crippen molar-refractivity contribution in [3.05, 3.63) is 105 Å². The highest BCUT2D eigenvalue weighted by molar-refractivity contribution is 6.42. The van der Waals surface area contributed by atoms with Gasteiger partial charge < -0.3 is 14.5 Å². The van der Waals surface area contributed by atoms with Gasteiger partial charge in [-0.1, -0.05) is 71.7 Å². The number of likely N-dealkylation sites (tertiary alicyclic amines) is 1. The maximum absolute atomic E-state index is 13.0. The standard InChI is InChI=1S/C30H32Cl2N2O2/c1-33(29(35)22-7-3-2-4-8-22)20-24(23-11-12-27(31)28(32)19-23)13-16-34-17-14-30(15-18-34)26-10-6-5-9-25(26)21-36-30/h2-12,19,24H,13-18,20-21H2,1H3/t24-/m1/s1. The molecule has 0 unspecified atom stereocenters. The van der Waals surface area contributed by atoms with Crippen molar-refractivity contribution in [3.63, 3.8) is 0 Å². The maximum Gasteiger partial charge on any atom is 0.253 e. The van der Waals surface area contributed by atoms with Gasteiger partial charge in [0.2, 0.25) is 0 Å². The molecule has 3 aromatic rings. The molecule has 0 aromatic heterocycles. The molecule has 5 rings (SSSR count). The predicted molar refractivity (Wildman–Crippen MR) is 146 cm³/mol. The topological polar surface area (TPSA) is 32.8 Å². The molecule has 0 aliphatic carbocycles. The number of hydrogen-bond donors (Lipinski definition) is 0. The van der Waals surface area contributed by atoms with E-state index in [-0.39, 0.29) is 17.4 Å². The van der Waals surface area contributed by atoms with Crippen LogP contribution >= 0.6 is 23.2 Å². The Balaban J connectivity index is 1.25. The van der Waals surface area contributed by atoms with Gasteiger partial charge in [0.15, 0.2) is 0 Å². The molecule has 1 atom stereocenters. The van der Waals surface area contributed by atoms with Crippen LogP contribution in [0.3, 0.4) is 0 Å². The molecule has 1 spiro atoms. The minimum Gasteiger partial charge on any atom is -0.365 e. The normalized spacial score (nSPS) is 17.6. The Labute approximate surface area is 223 Å². The highest BCUT2D eigenvalue weighted by Crippen LogP contribution is 2.44. The average molecular weight is 524 g/mol. The van der Waals surface area contributed by atoms with Crippen LogP contribution in [0, 0.1) is 0 Å². The average Bonchev–Trinajstić information content (AvgIpc) is 3.27. The summed E-state index contributed by atoms with van der Waals surface area (Å²) in [7, 11) is 1.87. The number of piperidine rings is 1. The van der Waals surface area contributed by atoms with Gasteiger partial charge >= 0.3 is 0 Å². The minimum absolute atomic E-state index is 0.0256. The Hall–Kier alpha value is -2.37. The van der Waals surface area contributed by atoms with Crippen LogP contribution in [-0.4, -0.2) is 48.9 Å². The van der Waals surface area contributed by atoms with Crippen LogP contribution in [0.5, 0.6) is 0 Å². The van der Waals surface area contributed by atoms with Crippen molar-refractivity contribution in [2.75, 3.05) is 33.2 Å². The number of ether oxygens (including phenoxy) is 1. The molecule has 3 aromatic carbocycles. The van der Waals surface area contributed by atoms with E-state index < -0.39 is 0 Å². The second-order valence-corrected chi connectivity index (χ2v) is 10.8. The van der Waals surface area contributed by atoms with Crippen LogP contribution in [-0.2, 0) is 16.9 Å². The van der Waals surface area contributed by atoms with Crippen molar-refractivity contribution in [1.29, 1.82) is 0 Å². The van der Waals surface area contributed by atoms with E-state index in [4.69, 9.17) is 27.9 Å². The van der Waals surface area contributed by atoms with E-state index in [1.165, 1.54) is 11.1 Å². The molecule has 1 saturated heterocycles. The molecule has 2 aliphatic rings. The first-order chi connectivity index (χ1) is 17.4. The van der Waals surface area contributed by atoms with E-state index in [0.29, 0.717) is 22.2 Å². The molecule has 0 bridgehead atoms. The van der Waals surface area contributed by atoms with Crippen LogP contribution in [0.25, 0.3) is 0 Å². The van der Waals surface area contributed by atoms with E-state index in [9.17, 15) is 4.79 Å². The predicted octanol–water partition coefficient (Wildman–Crippen LogP) is 6.76. The Kier molecular flexibility index (Phi) is 7.68. The van der Waals surface area contributed by atoms with E-state index in [0.717, 1.165) is 51.1 Å². The molecule has 1 fully saturated rings. The third-order valence-electron chi connectivity index (χ3n) is 7.75. The van der Waals surface area contributed by atoms with Crippen molar-refractivity contribution in [1.82, 2.24) is 9.80 Å². The molecular weight excluding hydrogens is 491 g/mol. The van der Waals surface area contributed by atoms with Crippen LogP contribution in [0.15, 0.2) is 72.8 Å². The summed E-state index contributed by atoms with van der Waals surface area (Å²) in [6.45, 7) is 4.29. The summed E-state index contributed by atoms with van der Waals surface area (Å²) in [5, 5.41) is 1.10. The largest absolute Gasteiger partial charge is 0.365 e. The molecular formula is C30H32Cl2N2O2. The molecule has 188 valence electrons. The van der Waals surface area contributed by atoms with Crippen molar-refractivity contribution in [2.45, 2.75) is 37.4 Å².